The highest BCUT2D eigenvalue weighted by Gasteiger charge is 2.06. The van der Waals surface area contributed by atoms with Crippen LogP contribution < -0.4 is 5.32 Å². The fourth-order valence-corrected chi connectivity index (χ4v) is 2.24. The van der Waals surface area contributed by atoms with Gasteiger partial charge in [-0.3, -0.25) is 0 Å². The minimum atomic E-state index is -0.529. The molecule has 1 aromatic rings. The predicted molar refractivity (Wildman–Crippen MR) is 73.8 cm³/mol. The predicted octanol–water partition coefficient (Wildman–Crippen LogP) is 1.38. The number of aliphatic hydroxyl groups excluding tert-OH is 2. The molecule has 0 radical (unpaired) electrons. The van der Waals surface area contributed by atoms with Crippen LogP contribution in [0.4, 0.5) is 0 Å². The first-order valence-corrected chi connectivity index (χ1v) is 7.27. The first kappa shape index (κ1) is 15.6. The number of ether oxygens (including phenoxy) is 1. The lowest BCUT2D eigenvalue weighted by molar-refractivity contribution is 0.0282. The summed E-state index contributed by atoms with van der Waals surface area (Å²) in [7, 11) is 0. The zero-order valence-electron chi connectivity index (χ0n) is 10.8. The highest BCUT2D eigenvalue weighted by molar-refractivity contribution is 7.09. The van der Waals surface area contributed by atoms with E-state index in [0.29, 0.717) is 26.3 Å². The zero-order valence-corrected chi connectivity index (χ0v) is 11.7. The van der Waals surface area contributed by atoms with Gasteiger partial charge in [0, 0.05) is 18.0 Å². The molecule has 3 N–H and O–H groups in total. The minimum Gasteiger partial charge on any atom is -0.392 e. The molecule has 4 nitrogen and oxygen atoms in total. The third kappa shape index (κ3) is 7.08. The Hall–Kier alpha value is -0.460. The lowest BCUT2D eigenvalue weighted by atomic mass is 10.2. The molecule has 1 rings (SSSR count). The van der Waals surface area contributed by atoms with Crippen molar-refractivity contribution >= 4 is 11.3 Å². The maximum Gasteiger partial charge on any atom is 0.0897 e. The number of hydrogen-bond donors (Lipinski definition) is 3. The number of hydrogen-bond acceptors (Lipinski definition) is 5. The molecule has 0 saturated heterocycles. The molecule has 18 heavy (non-hydrogen) atoms. The Morgan fingerprint density at radius 2 is 2.11 bits per heavy atom. The van der Waals surface area contributed by atoms with E-state index in [1.54, 1.807) is 11.3 Å². The van der Waals surface area contributed by atoms with Gasteiger partial charge in [-0.15, -0.1) is 11.3 Å². The number of rotatable bonds is 10. The molecular formula is C13H23NO3S. The molecule has 2 unspecified atom stereocenters. The smallest absolute Gasteiger partial charge is 0.0897 e. The van der Waals surface area contributed by atoms with E-state index in [0.717, 1.165) is 17.7 Å². The molecule has 5 heteroatoms. The van der Waals surface area contributed by atoms with Gasteiger partial charge >= 0.3 is 0 Å². The molecule has 2 atom stereocenters. The largest absolute Gasteiger partial charge is 0.392 e. The molecule has 0 saturated carbocycles. The van der Waals surface area contributed by atoms with Crippen molar-refractivity contribution in [2.75, 3.05) is 19.7 Å². The average Bonchev–Trinajstić information content (AvgIpc) is 2.82. The van der Waals surface area contributed by atoms with E-state index < -0.39 is 6.10 Å². The molecule has 0 aliphatic carbocycles. The lowest BCUT2D eigenvalue weighted by Gasteiger charge is -2.14. The second-order valence-electron chi connectivity index (χ2n) is 4.35. The summed E-state index contributed by atoms with van der Waals surface area (Å²) in [6.07, 6.45) is 0.904. The number of thiophene rings is 1. The van der Waals surface area contributed by atoms with Crippen LogP contribution in [0.1, 0.15) is 24.6 Å². The number of aliphatic hydroxyl groups is 2. The van der Waals surface area contributed by atoms with E-state index in [2.05, 4.69) is 5.32 Å². The van der Waals surface area contributed by atoms with Crippen LogP contribution in [0.3, 0.4) is 0 Å². The summed E-state index contributed by atoms with van der Waals surface area (Å²) >= 11 is 1.65. The molecule has 0 bridgehead atoms. The van der Waals surface area contributed by atoms with Gasteiger partial charge in [-0.1, -0.05) is 19.4 Å². The highest BCUT2D eigenvalue weighted by Crippen LogP contribution is 2.09. The van der Waals surface area contributed by atoms with Crippen LogP contribution in [-0.2, 0) is 11.3 Å². The van der Waals surface area contributed by atoms with Gasteiger partial charge < -0.3 is 20.3 Å². The van der Waals surface area contributed by atoms with Crippen LogP contribution >= 0.6 is 11.3 Å². The maximum absolute atomic E-state index is 9.65. The van der Waals surface area contributed by atoms with Gasteiger partial charge in [-0.25, -0.2) is 0 Å². The van der Waals surface area contributed by atoms with Crippen LogP contribution in [0.2, 0.25) is 0 Å². The van der Waals surface area contributed by atoms with E-state index >= 15 is 0 Å². The van der Waals surface area contributed by atoms with Crippen molar-refractivity contribution in [3.63, 3.8) is 0 Å². The molecule has 104 valence electrons. The molecular weight excluding hydrogens is 250 g/mol. The Morgan fingerprint density at radius 3 is 2.78 bits per heavy atom. The average molecular weight is 273 g/mol. The summed E-state index contributed by atoms with van der Waals surface area (Å²) < 4.78 is 5.40. The van der Waals surface area contributed by atoms with Gasteiger partial charge in [0.1, 0.15) is 0 Å². The molecule has 0 aliphatic rings. The van der Waals surface area contributed by atoms with E-state index in [9.17, 15) is 10.2 Å². The van der Waals surface area contributed by atoms with Crippen LogP contribution in [-0.4, -0.2) is 42.1 Å². The van der Waals surface area contributed by atoms with Crippen molar-refractivity contribution in [2.24, 2.45) is 0 Å². The van der Waals surface area contributed by atoms with Gasteiger partial charge in [0.05, 0.1) is 25.4 Å². The molecule has 0 amide bonds. The van der Waals surface area contributed by atoms with Crippen molar-refractivity contribution in [3.8, 4) is 0 Å². The van der Waals surface area contributed by atoms with Gasteiger partial charge in [-0.2, -0.15) is 0 Å². The molecule has 1 aromatic heterocycles. The summed E-state index contributed by atoms with van der Waals surface area (Å²) in [5, 5.41) is 24.2. The second kappa shape index (κ2) is 9.47. The Bertz CT molecular complexity index is 292. The van der Waals surface area contributed by atoms with Crippen molar-refractivity contribution < 1.29 is 14.9 Å². The first-order chi connectivity index (χ1) is 8.72. The van der Waals surface area contributed by atoms with Crippen molar-refractivity contribution in [1.82, 2.24) is 5.32 Å². The third-order valence-electron chi connectivity index (χ3n) is 2.52. The zero-order chi connectivity index (χ0) is 13.2. The standard InChI is InChI=1S/C13H23NO3S/c1-2-4-11(15)7-14-8-12(16)9-17-10-13-5-3-6-18-13/h3,5-6,11-12,14-16H,2,4,7-10H2,1H3. The molecule has 0 aromatic carbocycles. The van der Waals surface area contributed by atoms with Crippen molar-refractivity contribution in [3.05, 3.63) is 22.4 Å². The molecule has 0 fully saturated rings. The summed E-state index contributed by atoms with van der Waals surface area (Å²) in [5.74, 6) is 0. The first-order valence-electron chi connectivity index (χ1n) is 6.39. The Balaban J connectivity index is 1.98. The van der Waals surface area contributed by atoms with Crippen LogP contribution in [0, 0.1) is 0 Å². The van der Waals surface area contributed by atoms with Gasteiger partial charge in [0.2, 0.25) is 0 Å². The SMILES string of the molecule is CCCC(O)CNCC(O)COCc1cccs1. The summed E-state index contributed by atoms with van der Waals surface area (Å²) in [4.78, 5) is 1.16. The van der Waals surface area contributed by atoms with E-state index in [1.807, 2.05) is 24.4 Å². The number of nitrogens with one attached hydrogen (secondary N) is 1. The fraction of sp³-hybridized carbons (Fsp3) is 0.692. The highest BCUT2D eigenvalue weighted by atomic mass is 32.1. The van der Waals surface area contributed by atoms with E-state index in [1.165, 1.54) is 0 Å². The second-order valence-corrected chi connectivity index (χ2v) is 5.38. The summed E-state index contributed by atoms with van der Waals surface area (Å²) in [5.41, 5.74) is 0. The molecule has 0 aliphatic heterocycles. The summed E-state index contributed by atoms with van der Waals surface area (Å²) in [6, 6.07) is 3.99. The topological polar surface area (TPSA) is 61.7 Å². The molecule has 1 heterocycles. The fourth-order valence-electron chi connectivity index (χ4n) is 1.60. The lowest BCUT2D eigenvalue weighted by Crippen LogP contribution is -2.35. The Labute approximate surface area is 113 Å². The van der Waals surface area contributed by atoms with Gasteiger partial charge in [0.25, 0.3) is 0 Å². The normalized spacial score (nSPS) is 14.6. The van der Waals surface area contributed by atoms with Crippen LogP contribution in [0.15, 0.2) is 17.5 Å². The summed E-state index contributed by atoms with van der Waals surface area (Å²) in [6.45, 7) is 3.87. The maximum atomic E-state index is 9.65. The van der Waals surface area contributed by atoms with Gasteiger partial charge in [-0.05, 0) is 17.9 Å². The Morgan fingerprint density at radius 1 is 1.33 bits per heavy atom. The van der Waals surface area contributed by atoms with E-state index in [-0.39, 0.29) is 6.10 Å². The third-order valence-corrected chi connectivity index (χ3v) is 3.37. The minimum absolute atomic E-state index is 0.314. The van der Waals surface area contributed by atoms with Gasteiger partial charge in [0.15, 0.2) is 0 Å². The van der Waals surface area contributed by atoms with Crippen LogP contribution in [0.25, 0.3) is 0 Å². The van der Waals surface area contributed by atoms with Crippen molar-refractivity contribution in [2.45, 2.75) is 38.6 Å². The monoisotopic (exact) mass is 273 g/mol. The van der Waals surface area contributed by atoms with E-state index in [4.69, 9.17) is 4.74 Å². The van der Waals surface area contributed by atoms with Crippen LogP contribution in [0.5, 0.6) is 0 Å². The molecule has 0 spiro atoms. The quantitative estimate of drug-likeness (QED) is 0.603. The Kier molecular flexibility index (Phi) is 8.20. The van der Waals surface area contributed by atoms with Crippen molar-refractivity contribution in [1.29, 1.82) is 0 Å².